The minimum absolute atomic E-state index is 0.0294. The number of rotatable bonds is 2. The molecule has 1 atom stereocenters. The van der Waals surface area contributed by atoms with Gasteiger partial charge in [0, 0.05) is 19.1 Å². The Labute approximate surface area is 112 Å². The molecule has 0 radical (unpaired) electrons. The van der Waals surface area contributed by atoms with Crippen LogP contribution in [0.4, 0.5) is 10.1 Å². The van der Waals surface area contributed by atoms with E-state index in [2.05, 4.69) is 17.2 Å². The number of benzene rings is 1. The van der Waals surface area contributed by atoms with E-state index in [0.29, 0.717) is 12.2 Å². The van der Waals surface area contributed by atoms with Crippen LogP contribution in [0.3, 0.4) is 0 Å². The first kappa shape index (κ1) is 13.4. The standard InChI is InChI=1S/C15H17FN2O/c1-2-6-15(19)17-12-7-5-10-18(11-12)14-9-4-3-8-13(14)16/h3-4,8-9,12H,5,7,10-11H2,1H3,(H,17,19)/t12-/m1/s1. The normalized spacial score (nSPS) is 18.4. The Morgan fingerprint density at radius 1 is 1.47 bits per heavy atom. The zero-order chi connectivity index (χ0) is 13.7. The molecule has 1 N–H and O–H groups in total. The second-order valence-corrected chi connectivity index (χ2v) is 4.59. The van der Waals surface area contributed by atoms with Crippen LogP contribution in [0.5, 0.6) is 0 Å². The third-order valence-electron chi connectivity index (χ3n) is 3.19. The van der Waals surface area contributed by atoms with E-state index >= 15 is 0 Å². The summed E-state index contributed by atoms with van der Waals surface area (Å²) >= 11 is 0. The number of hydrogen-bond acceptors (Lipinski definition) is 2. The molecule has 1 aromatic carbocycles. The number of nitrogens with one attached hydrogen (secondary N) is 1. The number of halogens is 1. The maximum Gasteiger partial charge on any atom is 0.296 e. The van der Waals surface area contributed by atoms with Crippen LogP contribution in [0.2, 0.25) is 0 Å². The summed E-state index contributed by atoms with van der Waals surface area (Å²) in [6.45, 7) is 3.07. The van der Waals surface area contributed by atoms with Crippen molar-refractivity contribution >= 4 is 11.6 Å². The minimum atomic E-state index is -0.261. The fraction of sp³-hybridized carbons (Fsp3) is 0.400. The molecule has 1 aromatic rings. The van der Waals surface area contributed by atoms with Crippen LogP contribution in [0.1, 0.15) is 19.8 Å². The van der Waals surface area contributed by atoms with Crippen LogP contribution < -0.4 is 10.2 Å². The van der Waals surface area contributed by atoms with E-state index in [1.165, 1.54) is 6.07 Å². The van der Waals surface area contributed by atoms with Crippen molar-refractivity contribution in [3.63, 3.8) is 0 Å². The van der Waals surface area contributed by atoms with Crippen LogP contribution in [0.15, 0.2) is 24.3 Å². The van der Waals surface area contributed by atoms with Gasteiger partial charge in [0.15, 0.2) is 0 Å². The Balaban J connectivity index is 2.03. The molecule has 1 heterocycles. The summed E-state index contributed by atoms with van der Waals surface area (Å²) in [5, 5.41) is 2.86. The number of nitrogens with zero attached hydrogens (tertiary/aromatic N) is 1. The molecule has 0 saturated carbocycles. The summed E-state index contributed by atoms with van der Waals surface area (Å²) in [5.74, 6) is 4.56. The summed E-state index contributed by atoms with van der Waals surface area (Å²) in [5.41, 5.74) is 0.600. The number of carbonyl (C=O) groups excluding carboxylic acids is 1. The molecule has 100 valence electrons. The molecule has 0 unspecified atom stereocenters. The molecule has 1 saturated heterocycles. The van der Waals surface area contributed by atoms with E-state index in [1.807, 2.05) is 11.0 Å². The van der Waals surface area contributed by atoms with E-state index in [1.54, 1.807) is 19.1 Å². The molecule has 0 spiro atoms. The molecule has 1 aliphatic heterocycles. The van der Waals surface area contributed by atoms with Crippen LogP contribution in [-0.2, 0) is 4.79 Å². The van der Waals surface area contributed by atoms with E-state index in [0.717, 1.165) is 19.4 Å². The van der Waals surface area contributed by atoms with Gasteiger partial charge in [-0.15, -0.1) is 0 Å². The average molecular weight is 260 g/mol. The fourth-order valence-electron chi connectivity index (χ4n) is 2.36. The van der Waals surface area contributed by atoms with Crippen molar-refractivity contribution in [3.8, 4) is 11.8 Å². The minimum Gasteiger partial charge on any atom is -0.367 e. The van der Waals surface area contributed by atoms with Gasteiger partial charge in [-0.1, -0.05) is 18.1 Å². The molecular weight excluding hydrogens is 243 g/mol. The van der Waals surface area contributed by atoms with Crippen molar-refractivity contribution in [1.82, 2.24) is 5.32 Å². The zero-order valence-corrected chi connectivity index (χ0v) is 10.9. The lowest BCUT2D eigenvalue weighted by Crippen LogP contribution is -2.47. The first-order valence-corrected chi connectivity index (χ1v) is 6.43. The largest absolute Gasteiger partial charge is 0.367 e. The van der Waals surface area contributed by atoms with Crippen LogP contribution in [0.25, 0.3) is 0 Å². The lowest BCUT2D eigenvalue weighted by molar-refractivity contribution is -0.116. The van der Waals surface area contributed by atoms with Gasteiger partial charge in [0.2, 0.25) is 0 Å². The fourth-order valence-corrected chi connectivity index (χ4v) is 2.36. The highest BCUT2D eigenvalue weighted by Crippen LogP contribution is 2.22. The van der Waals surface area contributed by atoms with Gasteiger partial charge in [-0.2, -0.15) is 0 Å². The topological polar surface area (TPSA) is 32.3 Å². The first-order valence-electron chi connectivity index (χ1n) is 6.43. The Morgan fingerprint density at radius 2 is 2.26 bits per heavy atom. The zero-order valence-electron chi connectivity index (χ0n) is 10.9. The SMILES string of the molecule is CC#CC(=O)N[C@@H]1CCCN(c2ccccc2F)C1. The lowest BCUT2D eigenvalue weighted by Gasteiger charge is -2.34. The number of hydrogen-bond donors (Lipinski definition) is 1. The predicted octanol–water partition coefficient (Wildman–Crippen LogP) is 1.93. The molecule has 3 nitrogen and oxygen atoms in total. The summed E-state index contributed by atoms with van der Waals surface area (Å²) in [6.07, 6.45) is 1.83. The summed E-state index contributed by atoms with van der Waals surface area (Å²) in [6, 6.07) is 6.76. The number of amides is 1. The monoisotopic (exact) mass is 260 g/mol. The van der Waals surface area contributed by atoms with Gasteiger partial charge in [-0.25, -0.2) is 4.39 Å². The van der Waals surface area contributed by atoms with Crippen LogP contribution >= 0.6 is 0 Å². The number of piperidine rings is 1. The van der Waals surface area contributed by atoms with Gasteiger partial charge < -0.3 is 10.2 Å². The van der Waals surface area contributed by atoms with E-state index in [9.17, 15) is 9.18 Å². The predicted molar refractivity (Wildman–Crippen MR) is 73.2 cm³/mol. The molecule has 0 aromatic heterocycles. The molecule has 4 heteroatoms. The molecule has 2 rings (SSSR count). The maximum atomic E-state index is 13.7. The number of carbonyl (C=O) groups is 1. The summed E-state index contributed by atoms with van der Waals surface area (Å²) in [7, 11) is 0. The molecular formula is C15H17FN2O. The van der Waals surface area contributed by atoms with Gasteiger partial charge >= 0.3 is 0 Å². The van der Waals surface area contributed by atoms with Gasteiger partial charge in [0.05, 0.1) is 5.69 Å². The van der Waals surface area contributed by atoms with Crippen molar-refractivity contribution in [2.24, 2.45) is 0 Å². The molecule has 1 fully saturated rings. The molecule has 0 aliphatic carbocycles. The third kappa shape index (κ3) is 3.47. The molecule has 1 amide bonds. The van der Waals surface area contributed by atoms with Crippen molar-refractivity contribution in [3.05, 3.63) is 30.1 Å². The van der Waals surface area contributed by atoms with E-state index < -0.39 is 0 Å². The second-order valence-electron chi connectivity index (χ2n) is 4.59. The maximum absolute atomic E-state index is 13.7. The quantitative estimate of drug-likeness (QED) is 0.824. The van der Waals surface area contributed by atoms with E-state index in [4.69, 9.17) is 0 Å². The number of para-hydroxylation sites is 1. The Morgan fingerprint density at radius 3 is 3.00 bits per heavy atom. The lowest BCUT2D eigenvalue weighted by atomic mass is 10.0. The van der Waals surface area contributed by atoms with Crippen molar-refractivity contribution in [1.29, 1.82) is 0 Å². The smallest absolute Gasteiger partial charge is 0.296 e. The van der Waals surface area contributed by atoms with Gasteiger partial charge in [-0.3, -0.25) is 4.79 Å². The van der Waals surface area contributed by atoms with Crippen LogP contribution in [-0.4, -0.2) is 25.0 Å². The van der Waals surface area contributed by atoms with Gasteiger partial charge in [-0.05, 0) is 37.8 Å². The molecule has 0 bridgehead atoms. The average Bonchev–Trinajstić information content (AvgIpc) is 2.40. The van der Waals surface area contributed by atoms with Gasteiger partial charge in [0.25, 0.3) is 5.91 Å². The van der Waals surface area contributed by atoms with Crippen LogP contribution in [0, 0.1) is 17.7 Å². The summed E-state index contributed by atoms with van der Waals surface area (Å²) in [4.78, 5) is 13.4. The molecule has 1 aliphatic rings. The van der Waals surface area contributed by atoms with Crippen molar-refractivity contribution < 1.29 is 9.18 Å². The van der Waals surface area contributed by atoms with Crippen molar-refractivity contribution in [2.45, 2.75) is 25.8 Å². The second kappa shape index (κ2) is 6.24. The highest BCUT2D eigenvalue weighted by molar-refractivity contribution is 5.93. The van der Waals surface area contributed by atoms with Crippen molar-refractivity contribution in [2.75, 3.05) is 18.0 Å². The highest BCUT2D eigenvalue weighted by atomic mass is 19.1. The third-order valence-corrected chi connectivity index (χ3v) is 3.19. The highest BCUT2D eigenvalue weighted by Gasteiger charge is 2.22. The Kier molecular flexibility index (Phi) is 4.40. The molecule has 19 heavy (non-hydrogen) atoms. The summed E-state index contributed by atoms with van der Waals surface area (Å²) < 4.78 is 13.7. The van der Waals surface area contributed by atoms with Gasteiger partial charge in [0.1, 0.15) is 5.82 Å². The first-order chi connectivity index (χ1) is 9.20. The van der Waals surface area contributed by atoms with E-state index in [-0.39, 0.29) is 17.8 Å². The Hall–Kier alpha value is -2.02. The number of anilines is 1. The Bertz CT molecular complexity index is 518.